The fourth-order valence-corrected chi connectivity index (χ4v) is 0.196. The first-order chi connectivity index (χ1) is 2.89. The summed E-state index contributed by atoms with van der Waals surface area (Å²) in [5, 5.41) is 9.45. The predicted molar refractivity (Wildman–Crippen MR) is 17.9 cm³/mol. The van der Waals surface area contributed by atoms with Gasteiger partial charge in [-0.3, -0.25) is 0 Å². The molecule has 0 unspecified atom stereocenters. The van der Waals surface area contributed by atoms with Gasteiger partial charge in [0.25, 0.3) is 0 Å². The van der Waals surface area contributed by atoms with E-state index in [1.54, 1.807) is 0 Å². The molecule has 0 atom stereocenters. The Morgan fingerprint density at radius 2 is 2.50 bits per heavy atom. The lowest BCUT2D eigenvalue weighted by Gasteiger charge is -1.83. The van der Waals surface area contributed by atoms with E-state index >= 15 is 0 Å². The van der Waals surface area contributed by atoms with Gasteiger partial charge in [0.1, 0.15) is 0 Å². The summed E-state index contributed by atoms with van der Waals surface area (Å²) in [6, 6.07) is 0. The van der Waals surface area contributed by atoms with Crippen molar-refractivity contribution in [2.75, 3.05) is 0 Å². The van der Waals surface area contributed by atoms with Crippen molar-refractivity contribution in [3.05, 3.63) is 6.33 Å². The summed E-state index contributed by atoms with van der Waals surface area (Å²) in [7, 11) is 0. The van der Waals surface area contributed by atoms with Gasteiger partial charge in [0.05, 0.1) is 0 Å². The van der Waals surface area contributed by atoms with Gasteiger partial charge in [-0.2, -0.15) is 0 Å². The molecule has 0 saturated heterocycles. The molecule has 1 heterocycles. The monoisotopic (exact) mass is 103 g/mol. The summed E-state index contributed by atoms with van der Waals surface area (Å²) in [6.45, 7) is 0. The molecule has 0 aromatic carbocycles. The van der Waals surface area contributed by atoms with Crippen molar-refractivity contribution < 1.29 is 0 Å². The molecule has 0 aliphatic heterocycles. The first kappa shape index (κ1) is 3.55. The van der Waals surface area contributed by atoms with Crippen LogP contribution in [0.4, 0.5) is 0 Å². The van der Waals surface area contributed by atoms with Crippen LogP contribution in [0.3, 0.4) is 0 Å². The molecule has 0 N–H and O–H groups in total. The van der Waals surface area contributed by atoms with E-state index in [9.17, 15) is 0 Å². The summed E-state index contributed by atoms with van der Waals surface area (Å²) < 4.78 is 0.875. The van der Waals surface area contributed by atoms with E-state index in [-0.39, 0.29) is 0 Å². The Bertz CT molecular complexity index is 111. The Morgan fingerprint density at radius 3 is 2.67 bits per heavy atom. The number of tetrazole rings is 1. The minimum Gasteiger partial charge on any atom is -0.330 e. The van der Waals surface area contributed by atoms with Gasteiger partial charge < -0.3 is 9.30 Å². The third-order valence-electron chi connectivity index (χ3n) is 0.290. The van der Waals surface area contributed by atoms with Crippen LogP contribution in [0.25, 0.3) is 0 Å². The van der Waals surface area contributed by atoms with Gasteiger partial charge in [0.2, 0.25) is 0 Å². The molecule has 0 aliphatic carbocycles. The molecule has 6 heavy (non-hydrogen) atoms. The minimum absolute atomic E-state index is 0.875. The lowest BCUT2D eigenvalue weighted by Crippen LogP contribution is -1.77. The topological polar surface area (TPSA) is 43.6 Å². The lowest BCUT2D eigenvalue weighted by molar-refractivity contribution is 0.845. The van der Waals surface area contributed by atoms with E-state index in [0.717, 1.165) is 4.20 Å². The van der Waals surface area contributed by atoms with Gasteiger partial charge in [-0.15, -0.1) is 0 Å². The number of nitrogens with zero attached hydrogens (tertiary/aromatic N) is 4. The SMILES string of the molecule is Cln1[c-]nnn1. The molecule has 0 amide bonds. The molecule has 32 valence electrons. The van der Waals surface area contributed by atoms with E-state index in [1.165, 1.54) is 0 Å². The van der Waals surface area contributed by atoms with Gasteiger partial charge in [0.15, 0.2) is 0 Å². The second kappa shape index (κ2) is 1.22. The fourth-order valence-electron chi connectivity index (χ4n) is 0.132. The third kappa shape index (κ3) is 0.463. The molecule has 0 bridgehead atoms. The molecule has 0 radical (unpaired) electrons. The summed E-state index contributed by atoms with van der Waals surface area (Å²) in [5.74, 6) is 0. The molecule has 4 nitrogen and oxygen atoms in total. The Hall–Kier alpha value is -0.640. The van der Waals surface area contributed by atoms with E-state index in [0.29, 0.717) is 0 Å². The van der Waals surface area contributed by atoms with E-state index in [2.05, 4.69) is 21.9 Å². The van der Waals surface area contributed by atoms with Crippen LogP contribution < -0.4 is 0 Å². The predicted octanol–water partition coefficient (Wildman–Crippen LogP) is -0.525. The Kier molecular flexibility index (Phi) is 0.719. The highest BCUT2D eigenvalue weighted by Crippen LogP contribution is 1.71. The quantitative estimate of drug-likeness (QED) is 0.415. The van der Waals surface area contributed by atoms with Crippen LogP contribution in [0.5, 0.6) is 0 Å². The first-order valence-electron chi connectivity index (χ1n) is 1.22. The van der Waals surface area contributed by atoms with Gasteiger partial charge in [-0.25, -0.2) is 6.33 Å². The molecular formula is CClN4-. The summed E-state index contributed by atoms with van der Waals surface area (Å²) in [4.78, 5) is 0. The van der Waals surface area contributed by atoms with Crippen LogP contribution in [-0.2, 0) is 0 Å². The van der Waals surface area contributed by atoms with Gasteiger partial charge in [-0.05, 0) is 0 Å². The standard InChI is InChI=1S/CClN4/c2-6-1-3-4-5-6/q-1. The van der Waals surface area contributed by atoms with E-state index < -0.39 is 0 Å². The lowest BCUT2D eigenvalue weighted by atomic mass is 11.4. The van der Waals surface area contributed by atoms with E-state index in [1.807, 2.05) is 0 Å². The van der Waals surface area contributed by atoms with Gasteiger partial charge in [0, 0.05) is 11.8 Å². The van der Waals surface area contributed by atoms with Gasteiger partial charge in [-0.1, -0.05) is 10.4 Å². The minimum atomic E-state index is 0.875. The fraction of sp³-hybridized carbons (Fsp3) is 0. The van der Waals surface area contributed by atoms with E-state index in [4.69, 9.17) is 11.8 Å². The number of halogens is 1. The van der Waals surface area contributed by atoms with Crippen molar-refractivity contribution in [2.24, 2.45) is 0 Å². The third-order valence-corrected chi connectivity index (χ3v) is 0.434. The molecule has 0 saturated carbocycles. The van der Waals surface area contributed by atoms with Crippen LogP contribution >= 0.6 is 11.8 Å². The molecule has 1 aromatic heterocycles. The van der Waals surface area contributed by atoms with Crippen molar-refractivity contribution >= 4 is 11.8 Å². The van der Waals surface area contributed by atoms with Crippen molar-refractivity contribution in [1.29, 1.82) is 0 Å². The second-order valence-electron chi connectivity index (χ2n) is 0.639. The maximum atomic E-state index is 5.08. The Labute approximate surface area is 38.8 Å². The normalized spacial score (nSPS) is 8.83. The van der Waals surface area contributed by atoms with Crippen molar-refractivity contribution in [1.82, 2.24) is 19.7 Å². The largest absolute Gasteiger partial charge is 0.330 e. The zero-order chi connectivity index (χ0) is 4.41. The first-order valence-corrected chi connectivity index (χ1v) is 1.55. The van der Waals surface area contributed by atoms with Crippen LogP contribution in [0.15, 0.2) is 0 Å². The van der Waals surface area contributed by atoms with Crippen LogP contribution in [0.1, 0.15) is 0 Å². The number of hydrogen-bond donors (Lipinski definition) is 0. The molecular weight excluding hydrogens is 103 g/mol. The molecule has 1 rings (SSSR count). The highest BCUT2D eigenvalue weighted by atomic mass is 35.5. The van der Waals surface area contributed by atoms with Crippen LogP contribution in [0, 0.1) is 6.33 Å². The zero-order valence-corrected chi connectivity index (χ0v) is 3.42. The highest BCUT2D eigenvalue weighted by molar-refractivity contribution is 6.14. The van der Waals surface area contributed by atoms with Gasteiger partial charge >= 0.3 is 0 Å². The smallest absolute Gasteiger partial charge is 0.00101 e. The molecule has 5 heteroatoms. The highest BCUT2D eigenvalue weighted by Gasteiger charge is 1.60. The van der Waals surface area contributed by atoms with Crippen LogP contribution in [0.2, 0.25) is 0 Å². The average Bonchev–Trinajstić information content (AvgIpc) is 1.86. The Morgan fingerprint density at radius 1 is 1.67 bits per heavy atom. The van der Waals surface area contributed by atoms with Crippen molar-refractivity contribution in [2.45, 2.75) is 0 Å². The average molecular weight is 103 g/mol. The summed E-state index contributed by atoms with van der Waals surface area (Å²) in [5.41, 5.74) is 0. The number of hydrogen-bond acceptors (Lipinski definition) is 3. The zero-order valence-electron chi connectivity index (χ0n) is 2.67. The molecule has 0 aliphatic rings. The summed E-state index contributed by atoms with van der Waals surface area (Å²) in [6.07, 6.45) is 2.21. The summed E-state index contributed by atoms with van der Waals surface area (Å²) >= 11 is 5.08. The maximum absolute atomic E-state index is 5.08. The Balaban J connectivity index is 3.05. The second-order valence-corrected chi connectivity index (χ2v) is 0.959. The van der Waals surface area contributed by atoms with Crippen molar-refractivity contribution in [3.8, 4) is 0 Å². The molecule has 0 fully saturated rings. The number of aromatic nitrogens is 4. The number of rotatable bonds is 0. The van der Waals surface area contributed by atoms with Crippen molar-refractivity contribution in [3.63, 3.8) is 0 Å². The molecule has 0 spiro atoms. The molecule has 1 aromatic rings. The maximum Gasteiger partial charge on any atom is 0.00101 e. The van der Waals surface area contributed by atoms with Crippen LogP contribution in [-0.4, -0.2) is 19.7 Å².